The van der Waals surface area contributed by atoms with Gasteiger partial charge in [0.05, 0.1) is 4.92 Å². The van der Waals surface area contributed by atoms with Gasteiger partial charge in [0.1, 0.15) is 0 Å². The molecule has 1 atom stereocenters. The van der Waals surface area contributed by atoms with Gasteiger partial charge in [0.2, 0.25) is 0 Å². The summed E-state index contributed by atoms with van der Waals surface area (Å²) in [6.45, 7) is 6.70. The lowest BCUT2D eigenvalue weighted by atomic mass is 10.1. The number of nitro benzene ring substituents is 1. The van der Waals surface area contributed by atoms with E-state index in [1.54, 1.807) is 23.9 Å². The van der Waals surface area contributed by atoms with Crippen molar-refractivity contribution in [2.75, 3.05) is 0 Å². The van der Waals surface area contributed by atoms with Gasteiger partial charge >= 0.3 is 0 Å². The molecule has 0 aliphatic heterocycles. The third-order valence-electron chi connectivity index (χ3n) is 4.94. The summed E-state index contributed by atoms with van der Waals surface area (Å²) in [7, 11) is 0. The Bertz CT molecular complexity index is 1050. The molecule has 0 radical (unpaired) electrons. The normalized spacial score (nSPS) is 11.8. The molecule has 0 fully saturated rings. The predicted molar refractivity (Wildman–Crippen MR) is 121 cm³/mol. The van der Waals surface area contributed by atoms with Gasteiger partial charge in [-0.25, -0.2) is 0 Å². The number of benzene rings is 2. The van der Waals surface area contributed by atoms with Crippen LogP contribution in [0.2, 0.25) is 0 Å². The number of nitrogens with one attached hydrogen (secondary N) is 1. The van der Waals surface area contributed by atoms with Crippen molar-refractivity contribution < 1.29 is 9.72 Å². The van der Waals surface area contributed by atoms with Crippen LogP contribution in [0.4, 0.5) is 5.69 Å². The van der Waals surface area contributed by atoms with Gasteiger partial charge in [0.25, 0.3) is 11.6 Å². The molecule has 0 saturated carbocycles. The Kier molecular flexibility index (Phi) is 7.41. The van der Waals surface area contributed by atoms with Crippen molar-refractivity contribution >= 4 is 23.4 Å². The Morgan fingerprint density at radius 2 is 1.81 bits per heavy atom. The van der Waals surface area contributed by atoms with Gasteiger partial charge in [-0.1, -0.05) is 30.8 Å². The molecule has 3 aromatic rings. The smallest absolute Gasteiger partial charge is 0.269 e. The van der Waals surface area contributed by atoms with Gasteiger partial charge in [0.15, 0.2) is 11.0 Å². The molecule has 8 nitrogen and oxygen atoms in total. The molecule has 1 aromatic heterocycles. The first-order valence-corrected chi connectivity index (χ1v) is 11.1. The zero-order chi connectivity index (χ0) is 22.4. The van der Waals surface area contributed by atoms with Crippen molar-refractivity contribution in [1.29, 1.82) is 0 Å². The number of thioether (sulfide) groups is 1. The van der Waals surface area contributed by atoms with Crippen LogP contribution in [0.3, 0.4) is 0 Å². The van der Waals surface area contributed by atoms with Crippen LogP contribution in [0.1, 0.15) is 43.1 Å². The molecule has 31 heavy (non-hydrogen) atoms. The molecule has 0 bridgehead atoms. The van der Waals surface area contributed by atoms with Gasteiger partial charge in [-0.15, -0.1) is 10.2 Å². The molecule has 162 valence electrons. The first-order valence-electron chi connectivity index (χ1n) is 10.1. The lowest BCUT2D eigenvalue weighted by Gasteiger charge is -2.11. The summed E-state index contributed by atoms with van der Waals surface area (Å²) in [6.07, 6.45) is 0.889. The van der Waals surface area contributed by atoms with Gasteiger partial charge in [-0.05, 0) is 50.1 Å². The van der Waals surface area contributed by atoms with Gasteiger partial charge < -0.3 is 9.88 Å². The van der Waals surface area contributed by atoms with Gasteiger partial charge in [-0.2, -0.15) is 0 Å². The minimum atomic E-state index is -0.422. The molecular formula is C22H25N5O3S. The van der Waals surface area contributed by atoms with E-state index in [-0.39, 0.29) is 17.6 Å². The van der Waals surface area contributed by atoms with Gasteiger partial charge in [0, 0.05) is 41.6 Å². The fraction of sp³-hybridized carbons (Fsp3) is 0.318. The SMILES string of the molecule is CCC(C)NC(=O)c1ccc(CSc2nnc(-c3ccc([N+](=O)[O-])cc3)n2CC)cc1. The van der Waals surface area contributed by atoms with E-state index in [0.717, 1.165) is 22.7 Å². The van der Waals surface area contributed by atoms with Crippen LogP contribution >= 0.6 is 11.8 Å². The summed E-state index contributed by atoms with van der Waals surface area (Å²) in [5, 5.41) is 23.2. The molecule has 3 rings (SSSR count). The molecule has 9 heteroatoms. The standard InChI is InChI=1S/C22H25N5O3S/c1-4-15(3)23-21(28)18-8-6-16(7-9-18)14-31-22-25-24-20(26(22)5-2)17-10-12-19(13-11-17)27(29)30/h6-13,15H,4-5,14H2,1-3H3,(H,23,28). The first kappa shape index (κ1) is 22.5. The Morgan fingerprint density at radius 1 is 1.13 bits per heavy atom. The highest BCUT2D eigenvalue weighted by Gasteiger charge is 2.15. The summed E-state index contributed by atoms with van der Waals surface area (Å²) < 4.78 is 1.99. The van der Waals surface area contributed by atoms with Crippen molar-refractivity contribution in [2.24, 2.45) is 0 Å². The summed E-state index contributed by atoms with van der Waals surface area (Å²) >= 11 is 1.56. The highest BCUT2D eigenvalue weighted by Crippen LogP contribution is 2.27. The van der Waals surface area contributed by atoms with Crippen LogP contribution in [-0.2, 0) is 12.3 Å². The van der Waals surface area contributed by atoms with Gasteiger partial charge in [-0.3, -0.25) is 14.9 Å². The molecule has 0 aliphatic rings. The quantitative estimate of drug-likeness (QED) is 0.295. The second-order valence-corrected chi connectivity index (χ2v) is 8.07. The maximum Gasteiger partial charge on any atom is 0.269 e. The molecule has 1 N–H and O–H groups in total. The third kappa shape index (κ3) is 5.49. The number of non-ortho nitro benzene ring substituents is 1. The summed E-state index contributed by atoms with van der Waals surface area (Å²) in [5.41, 5.74) is 2.55. The van der Waals surface area contributed by atoms with Crippen LogP contribution in [0.15, 0.2) is 53.7 Å². The molecule has 0 spiro atoms. The number of nitro groups is 1. The molecule has 1 unspecified atom stereocenters. The lowest BCUT2D eigenvalue weighted by molar-refractivity contribution is -0.384. The number of hydrogen-bond donors (Lipinski definition) is 1. The van der Waals surface area contributed by atoms with E-state index >= 15 is 0 Å². The van der Waals surface area contributed by atoms with Crippen LogP contribution in [0.5, 0.6) is 0 Å². The highest BCUT2D eigenvalue weighted by atomic mass is 32.2. The summed E-state index contributed by atoms with van der Waals surface area (Å²) in [4.78, 5) is 22.6. The molecule has 0 aliphatic carbocycles. The zero-order valence-electron chi connectivity index (χ0n) is 17.7. The number of hydrogen-bond acceptors (Lipinski definition) is 6. The number of carbonyl (C=O) groups is 1. The average molecular weight is 440 g/mol. The second-order valence-electron chi connectivity index (χ2n) is 7.12. The maximum absolute atomic E-state index is 12.2. The Morgan fingerprint density at radius 3 is 2.39 bits per heavy atom. The van der Waals surface area contributed by atoms with E-state index in [1.165, 1.54) is 12.1 Å². The second kappa shape index (κ2) is 10.2. The number of rotatable bonds is 9. The largest absolute Gasteiger partial charge is 0.350 e. The van der Waals surface area contributed by atoms with E-state index in [4.69, 9.17) is 0 Å². The Balaban J connectivity index is 1.68. The molecule has 1 heterocycles. The van der Waals surface area contributed by atoms with Crippen molar-refractivity contribution in [1.82, 2.24) is 20.1 Å². The van der Waals surface area contributed by atoms with Crippen molar-refractivity contribution in [3.63, 3.8) is 0 Å². The fourth-order valence-corrected chi connectivity index (χ4v) is 3.89. The molecule has 2 aromatic carbocycles. The van der Waals surface area contributed by atoms with Crippen LogP contribution < -0.4 is 5.32 Å². The average Bonchev–Trinajstić information content (AvgIpc) is 3.20. The van der Waals surface area contributed by atoms with E-state index in [1.807, 2.05) is 49.6 Å². The first-order chi connectivity index (χ1) is 14.9. The molecule has 0 saturated heterocycles. The van der Waals surface area contributed by atoms with E-state index in [0.29, 0.717) is 23.7 Å². The fourth-order valence-electron chi connectivity index (χ4n) is 2.94. The third-order valence-corrected chi connectivity index (χ3v) is 5.98. The number of amides is 1. The minimum absolute atomic E-state index is 0.0437. The molecular weight excluding hydrogens is 414 g/mol. The van der Waals surface area contributed by atoms with Crippen LogP contribution in [-0.4, -0.2) is 31.6 Å². The topological polar surface area (TPSA) is 103 Å². The number of carbonyl (C=O) groups excluding carboxylic acids is 1. The van der Waals surface area contributed by atoms with Crippen molar-refractivity contribution in [2.45, 2.75) is 50.7 Å². The summed E-state index contributed by atoms with van der Waals surface area (Å²) in [6, 6.07) is 14.0. The Hall–Kier alpha value is -3.20. The summed E-state index contributed by atoms with van der Waals surface area (Å²) in [5.74, 6) is 1.30. The van der Waals surface area contributed by atoms with E-state index in [9.17, 15) is 14.9 Å². The molecule has 1 amide bonds. The van der Waals surface area contributed by atoms with Crippen molar-refractivity contribution in [3.05, 3.63) is 69.8 Å². The number of nitrogens with zero attached hydrogens (tertiary/aromatic N) is 4. The minimum Gasteiger partial charge on any atom is -0.350 e. The van der Waals surface area contributed by atoms with Crippen molar-refractivity contribution in [3.8, 4) is 11.4 Å². The zero-order valence-corrected chi connectivity index (χ0v) is 18.6. The van der Waals surface area contributed by atoms with E-state index in [2.05, 4.69) is 15.5 Å². The lowest BCUT2D eigenvalue weighted by Crippen LogP contribution is -2.31. The van der Waals surface area contributed by atoms with Crippen LogP contribution in [0, 0.1) is 10.1 Å². The highest BCUT2D eigenvalue weighted by molar-refractivity contribution is 7.98. The Labute approximate surface area is 185 Å². The van der Waals surface area contributed by atoms with Crippen LogP contribution in [0.25, 0.3) is 11.4 Å². The predicted octanol–water partition coefficient (Wildman–Crippen LogP) is 4.69. The number of aromatic nitrogens is 3. The van der Waals surface area contributed by atoms with E-state index < -0.39 is 4.92 Å². The monoisotopic (exact) mass is 439 g/mol. The maximum atomic E-state index is 12.2.